The molecule has 172 valence electrons. The lowest BCUT2D eigenvalue weighted by Crippen LogP contribution is -2.37. The summed E-state index contributed by atoms with van der Waals surface area (Å²) in [6.07, 6.45) is -0.904. The Bertz CT molecular complexity index is 954. The summed E-state index contributed by atoms with van der Waals surface area (Å²) in [6.45, 7) is 9.35. The molecular weight excluding hydrogens is 412 g/mol. The van der Waals surface area contributed by atoms with Crippen molar-refractivity contribution in [3.05, 3.63) is 40.6 Å². The topological polar surface area (TPSA) is 107 Å². The van der Waals surface area contributed by atoms with Gasteiger partial charge in [0, 0.05) is 30.4 Å². The number of hydrogen-bond donors (Lipinski definition) is 0. The molecule has 2 rings (SSSR count). The van der Waals surface area contributed by atoms with Crippen LogP contribution >= 0.6 is 0 Å². The van der Waals surface area contributed by atoms with Crippen LogP contribution in [0.4, 0.5) is 0 Å². The van der Waals surface area contributed by atoms with Crippen LogP contribution in [0.25, 0.3) is 0 Å². The van der Waals surface area contributed by atoms with Gasteiger partial charge in [-0.15, -0.1) is 0 Å². The van der Waals surface area contributed by atoms with E-state index in [-0.39, 0.29) is 23.7 Å². The maximum atomic E-state index is 13.2. The molecule has 0 saturated carbocycles. The van der Waals surface area contributed by atoms with Crippen LogP contribution in [0.15, 0.2) is 34.5 Å². The highest BCUT2D eigenvalue weighted by Crippen LogP contribution is 2.44. The Kier molecular flexibility index (Phi) is 9.12. The minimum atomic E-state index is -0.904. The first-order valence-electron chi connectivity index (χ1n) is 10.6. The predicted molar refractivity (Wildman–Crippen MR) is 118 cm³/mol. The number of carbonyl (C=O) groups is 2. The Morgan fingerprint density at radius 1 is 1.16 bits per heavy atom. The van der Waals surface area contributed by atoms with Crippen molar-refractivity contribution in [3.8, 4) is 11.8 Å². The minimum Gasteiger partial charge on any atom is -0.496 e. The van der Waals surface area contributed by atoms with E-state index in [1.807, 2.05) is 13.8 Å². The van der Waals surface area contributed by atoms with E-state index in [0.717, 1.165) is 0 Å². The molecule has 0 amide bonds. The van der Waals surface area contributed by atoms with Crippen molar-refractivity contribution < 1.29 is 28.5 Å². The number of hydrogen-bond acceptors (Lipinski definition) is 8. The summed E-state index contributed by atoms with van der Waals surface area (Å²) in [5, 5.41) is 9.29. The quantitative estimate of drug-likeness (QED) is 0.403. The molecule has 1 aromatic carbocycles. The lowest BCUT2D eigenvalue weighted by molar-refractivity contribution is -0.140. The van der Waals surface area contributed by atoms with Crippen LogP contribution < -0.4 is 4.74 Å². The third-order valence-electron chi connectivity index (χ3n) is 5.16. The second kappa shape index (κ2) is 11.6. The van der Waals surface area contributed by atoms with Gasteiger partial charge in [0.05, 0.1) is 36.8 Å². The maximum Gasteiger partial charge on any atom is 0.336 e. The smallest absolute Gasteiger partial charge is 0.336 e. The van der Waals surface area contributed by atoms with Gasteiger partial charge in [0.2, 0.25) is 6.29 Å². The van der Waals surface area contributed by atoms with E-state index in [1.165, 1.54) is 14.0 Å². The Balaban J connectivity index is 2.88. The van der Waals surface area contributed by atoms with Gasteiger partial charge in [-0.05, 0) is 46.8 Å². The molecule has 0 spiro atoms. The summed E-state index contributed by atoms with van der Waals surface area (Å²) in [5.41, 5.74) is 1.97. The molecule has 0 aromatic heterocycles. The van der Waals surface area contributed by atoms with Gasteiger partial charge < -0.3 is 18.9 Å². The zero-order valence-corrected chi connectivity index (χ0v) is 19.4. The average Bonchev–Trinajstić information content (AvgIpc) is 2.77. The van der Waals surface area contributed by atoms with Crippen LogP contribution in [-0.2, 0) is 23.8 Å². The number of nitriles is 1. The first kappa shape index (κ1) is 25.2. The molecule has 8 heteroatoms. The predicted octanol–water partition coefficient (Wildman–Crippen LogP) is 3.55. The summed E-state index contributed by atoms with van der Waals surface area (Å²) in [6, 6.07) is 6.98. The second-order valence-corrected chi connectivity index (χ2v) is 7.15. The third-order valence-corrected chi connectivity index (χ3v) is 5.16. The molecule has 1 aliphatic heterocycles. The second-order valence-electron chi connectivity index (χ2n) is 7.15. The van der Waals surface area contributed by atoms with Crippen LogP contribution in [0.2, 0.25) is 0 Å². The number of aliphatic imine (C=N–C) groups is 1. The maximum absolute atomic E-state index is 13.2. The van der Waals surface area contributed by atoms with E-state index in [9.17, 15) is 14.9 Å². The molecular formula is C24H30N2O6. The van der Waals surface area contributed by atoms with Gasteiger partial charge in [-0.25, -0.2) is 4.79 Å². The van der Waals surface area contributed by atoms with E-state index < -0.39 is 24.1 Å². The summed E-state index contributed by atoms with van der Waals surface area (Å²) in [7, 11) is 1.48. The fraction of sp³-hybridized carbons (Fsp3) is 0.500. The Morgan fingerprint density at radius 3 is 2.31 bits per heavy atom. The van der Waals surface area contributed by atoms with Crippen molar-refractivity contribution >= 4 is 17.5 Å². The van der Waals surface area contributed by atoms with Crippen molar-refractivity contribution in [3.63, 3.8) is 0 Å². The van der Waals surface area contributed by atoms with Gasteiger partial charge >= 0.3 is 5.97 Å². The monoisotopic (exact) mass is 442 g/mol. The molecule has 1 aromatic rings. The van der Waals surface area contributed by atoms with Gasteiger partial charge in [0.1, 0.15) is 17.2 Å². The van der Waals surface area contributed by atoms with Crippen molar-refractivity contribution in [1.29, 1.82) is 5.26 Å². The molecule has 1 heterocycles. The Morgan fingerprint density at radius 2 is 1.81 bits per heavy atom. The van der Waals surface area contributed by atoms with Crippen molar-refractivity contribution in [2.75, 3.05) is 26.9 Å². The molecule has 2 atom stereocenters. The number of esters is 1. The number of Topliss-reactive ketones (excluding diaryl/α,β-unsaturated/α-hetero) is 1. The van der Waals surface area contributed by atoms with Crippen LogP contribution in [0.3, 0.4) is 0 Å². The molecule has 0 aliphatic carbocycles. The lowest BCUT2D eigenvalue weighted by atomic mass is 9.73. The van der Waals surface area contributed by atoms with Gasteiger partial charge in [-0.3, -0.25) is 9.79 Å². The number of methoxy groups -OCH3 is 1. The van der Waals surface area contributed by atoms with E-state index in [2.05, 4.69) is 11.1 Å². The average molecular weight is 443 g/mol. The molecule has 0 radical (unpaired) electrons. The summed E-state index contributed by atoms with van der Waals surface area (Å²) in [4.78, 5) is 30.6. The fourth-order valence-electron chi connectivity index (χ4n) is 3.92. The molecule has 0 N–H and O–H groups in total. The SMILES string of the molecule is CCOC(=O)C1=C(C(OCC)OCC)N=C(C)C(C(C)=O)C1c1ccc(C#N)cc1OC. The highest BCUT2D eigenvalue weighted by molar-refractivity contribution is 6.08. The highest BCUT2D eigenvalue weighted by atomic mass is 16.7. The first-order valence-corrected chi connectivity index (χ1v) is 10.6. The van der Waals surface area contributed by atoms with Crippen LogP contribution in [0.5, 0.6) is 5.75 Å². The Hall–Kier alpha value is -3.02. The molecule has 8 nitrogen and oxygen atoms in total. The number of nitrogens with zero attached hydrogens (tertiary/aromatic N) is 2. The first-order chi connectivity index (χ1) is 15.3. The summed E-state index contributed by atoms with van der Waals surface area (Å²) < 4.78 is 22.4. The van der Waals surface area contributed by atoms with Crippen molar-refractivity contribution in [2.24, 2.45) is 10.9 Å². The van der Waals surface area contributed by atoms with Crippen molar-refractivity contribution in [2.45, 2.75) is 46.8 Å². The van der Waals surface area contributed by atoms with E-state index in [0.29, 0.717) is 35.8 Å². The molecule has 0 fully saturated rings. The van der Waals surface area contributed by atoms with Crippen molar-refractivity contribution in [1.82, 2.24) is 0 Å². The summed E-state index contributed by atoms with van der Waals surface area (Å²) in [5.74, 6) is -1.84. The minimum absolute atomic E-state index is 0.147. The lowest BCUT2D eigenvalue weighted by Gasteiger charge is -2.34. The van der Waals surface area contributed by atoms with Crippen LogP contribution in [0, 0.1) is 17.2 Å². The highest BCUT2D eigenvalue weighted by Gasteiger charge is 2.44. The zero-order chi connectivity index (χ0) is 23.8. The number of rotatable bonds is 10. The van der Waals surface area contributed by atoms with Gasteiger partial charge in [0.25, 0.3) is 0 Å². The number of carbonyl (C=O) groups excluding carboxylic acids is 2. The fourth-order valence-corrected chi connectivity index (χ4v) is 3.92. The number of ether oxygens (including phenoxy) is 4. The standard InChI is InChI=1S/C24H30N2O6/c1-7-30-23(28)21-20(17-11-10-16(13-25)12-18(17)29-6)19(15(5)27)14(4)26-22(21)24(31-8-2)32-9-3/h10-12,19-20,24H,7-9H2,1-6H3. The van der Waals surface area contributed by atoms with Gasteiger partial charge in [-0.1, -0.05) is 6.07 Å². The third kappa shape index (κ3) is 5.23. The van der Waals surface area contributed by atoms with E-state index in [4.69, 9.17) is 18.9 Å². The van der Waals surface area contributed by atoms with Crippen LogP contribution in [-0.4, -0.2) is 50.7 Å². The van der Waals surface area contributed by atoms with E-state index >= 15 is 0 Å². The molecule has 0 bridgehead atoms. The zero-order valence-electron chi connectivity index (χ0n) is 19.4. The largest absolute Gasteiger partial charge is 0.496 e. The van der Waals surface area contributed by atoms with Gasteiger partial charge in [-0.2, -0.15) is 5.26 Å². The summed E-state index contributed by atoms with van der Waals surface area (Å²) >= 11 is 0. The number of benzene rings is 1. The molecule has 1 aliphatic rings. The van der Waals surface area contributed by atoms with E-state index in [1.54, 1.807) is 32.0 Å². The normalized spacial score (nSPS) is 18.2. The van der Waals surface area contributed by atoms with Gasteiger partial charge in [0.15, 0.2) is 0 Å². The number of ketones is 1. The Labute approximate surface area is 188 Å². The molecule has 0 saturated heterocycles. The molecule has 32 heavy (non-hydrogen) atoms. The van der Waals surface area contributed by atoms with Crippen LogP contribution in [0.1, 0.15) is 51.7 Å². The molecule has 2 unspecified atom stereocenters.